The van der Waals surface area contributed by atoms with Crippen LogP contribution in [0.5, 0.6) is 0 Å². The average molecular weight is 409 g/mol. The minimum atomic E-state index is 0.202. The third kappa shape index (κ3) is 3.22. The number of rotatable bonds is 3. The fourth-order valence-corrected chi connectivity index (χ4v) is 5.92. The van der Waals surface area contributed by atoms with E-state index in [0.29, 0.717) is 11.7 Å². The molecule has 1 saturated heterocycles. The van der Waals surface area contributed by atoms with Crippen molar-refractivity contribution in [3.8, 4) is 0 Å². The van der Waals surface area contributed by atoms with Gasteiger partial charge in [-0.2, -0.15) is 0 Å². The Balaban J connectivity index is 1.46. The Morgan fingerprint density at radius 3 is 3.11 bits per heavy atom. The van der Waals surface area contributed by atoms with Gasteiger partial charge in [0.1, 0.15) is 16.2 Å². The number of amides is 1. The van der Waals surface area contributed by atoms with Crippen LogP contribution in [0.25, 0.3) is 31.3 Å². The largest absolute Gasteiger partial charge is 0.342 e. The molecule has 0 radical (unpaired) electrons. The molecule has 0 N–H and O–H groups in total. The molecule has 1 aliphatic heterocycles. The Hall–Kier alpha value is -2.25. The van der Waals surface area contributed by atoms with Crippen LogP contribution in [0.3, 0.4) is 0 Å². The number of fused-ring (bicyclic) bond motifs is 4. The smallest absolute Gasteiger partial charge is 0.232 e. The number of carbonyl (C=O) groups excluding carboxylic acids is 1. The van der Waals surface area contributed by atoms with Crippen LogP contribution in [0.1, 0.15) is 19.8 Å². The lowest BCUT2D eigenvalue weighted by molar-refractivity contribution is -0.130. The molecule has 0 saturated carbocycles. The van der Waals surface area contributed by atoms with Gasteiger partial charge >= 0.3 is 0 Å². The predicted molar refractivity (Wildman–Crippen MR) is 116 cm³/mol. The molecule has 1 fully saturated rings. The van der Waals surface area contributed by atoms with Gasteiger partial charge in [-0.1, -0.05) is 36.9 Å². The molecule has 5 nitrogen and oxygen atoms in total. The van der Waals surface area contributed by atoms with E-state index in [2.05, 4.69) is 29.0 Å². The van der Waals surface area contributed by atoms with E-state index in [1.54, 1.807) is 17.7 Å². The second-order valence-electron chi connectivity index (χ2n) is 7.37. The number of thioether (sulfide) groups is 1. The molecule has 0 bridgehead atoms. The molecule has 0 aliphatic carbocycles. The minimum Gasteiger partial charge on any atom is -0.342 e. The number of likely N-dealkylation sites (tertiary alicyclic amines) is 1. The van der Waals surface area contributed by atoms with Gasteiger partial charge < -0.3 is 4.90 Å². The molecule has 1 aromatic carbocycles. The number of pyridine rings is 1. The molecular weight excluding hydrogens is 388 g/mol. The molecule has 142 valence electrons. The molecule has 5 rings (SSSR count). The summed E-state index contributed by atoms with van der Waals surface area (Å²) in [6.45, 7) is 3.97. The van der Waals surface area contributed by atoms with Crippen molar-refractivity contribution >= 4 is 60.3 Å². The Morgan fingerprint density at radius 2 is 2.21 bits per heavy atom. The molecule has 4 heterocycles. The minimum absolute atomic E-state index is 0.202. The summed E-state index contributed by atoms with van der Waals surface area (Å²) in [5.74, 6) is 1.22. The summed E-state index contributed by atoms with van der Waals surface area (Å²) in [7, 11) is 0. The van der Waals surface area contributed by atoms with Crippen LogP contribution in [0.15, 0.2) is 41.7 Å². The number of carbonyl (C=O) groups is 1. The highest BCUT2D eigenvalue weighted by Gasteiger charge is 2.22. The molecule has 3 aromatic heterocycles. The third-order valence-electron chi connectivity index (χ3n) is 5.26. The van der Waals surface area contributed by atoms with E-state index in [1.807, 2.05) is 23.1 Å². The molecule has 0 unspecified atom stereocenters. The fraction of sp³-hybridized carbons (Fsp3) is 0.333. The van der Waals surface area contributed by atoms with Crippen LogP contribution in [-0.2, 0) is 4.79 Å². The molecule has 0 spiro atoms. The first-order valence-corrected chi connectivity index (χ1v) is 11.3. The van der Waals surface area contributed by atoms with E-state index in [0.717, 1.165) is 55.9 Å². The lowest BCUT2D eigenvalue weighted by Gasteiger charge is -2.30. The van der Waals surface area contributed by atoms with E-state index in [9.17, 15) is 4.79 Å². The van der Waals surface area contributed by atoms with Gasteiger partial charge in [0.15, 0.2) is 0 Å². The summed E-state index contributed by atoms with van der Waals surface area (Å²) in [5, 5.41) is 3.03. The highest BCUT2D eigenvalue weighted by atomic mass is 32.2. The van der Waals surface area contributed by atoms with Gasteiger partial charge in [-0.25, -0.2) is 15.0 Å². The van der Waals surface area contributed by atoms with E-state index < -0.39 is 0 Å². The van der Waals surface area contributed by atoms with Crippen molar-refractivity contribution in [3.63, 3.8) is 0 Å². The predicted octanol–water partition coefficient (Wildman–Crippen LogP) is 4.74. The van der Waals surface area contributed by atoms with Crippen LogP contribution in [-0.4, -0.2) is 44.6 Å². The van der Waals surface area contributed by atoms with Crippen LogP contribution in [0.2, 0.25) is 0 Å². The standard InChI is InChI=1S/C21H20N4OS2/c1-13-5-4-8-25(10-13)17(26)11-27-21-19-18(22-12-23-21)15-9-14-6-2-3-7-16(14)24-20(15)28-19/h2-3,6-7,9,12-13H,4-5,8,10-11H2,1H3/t13-/m0/s1. The maximum atomic E-state index is 12.6. The van der Waals surface area contributed by atoms with Crippen molar-refractivity contribution in [3.05, 3.63) is 36.7 Å². The van der Waals surface area contributed by atoms with Gasteiger partial charge in [-0.05, 0) is 30.9 Å². The van der Waals surface area contributed by atoms with Gasteiger partial charge in [-0.15, -0.1) is 11.3 Å². The first-order valence-electron chi connectivity index (χ1n) is 9.52. The fourth-order valence-electron chi connectivity index (χ4n) is 3.82. The van der Waals surface area contributed by atoms with E-state index in [-0.39, 0.29) is 5.91 Å². The Morgan fingerprint density at radius 1 is 1.32 bits per heavy atom. The first kappa shape index (κ1) is 17.8. The summed E-state index contributed by atoms with van der Waals surface area (Å²) >= 11 is 3.12. The summed E-state index contributed by atoms with van der Waals surface area (Å²) in [4.78, 5) is 29.4. The highest BCUT2D eigenvalue weighted by molar-refractivity contribution is 8.00. The molecule has 1 atom stereocenters. The van der Waals surface area contributed by atoms with Crippen LogP contribution < -0.4 is 0 Å². The number of hydrogen-bond donors (Lipinski definition) is 0. The van der Waals surface area contributed by atoms with Crippen molar-refractivity contribution in [2.24, 2.45) is 5.92 Å². The molecular formula is C21H20N4OS2. The van der Waals surface area contributed by atoms with Gasteiger partial charge in [-0.3, -0.25) is 4.79 Å². The second-order valence-corrected chi connectivity index (χ2v) is 9.33. The van der Waals surface area contributed by atoms with Crippen molar-refractivity contribution in [2.75, 3.05) is 18.8 Å². The zero-order valence-electron chi connectivity index (χ0n) is 15.6. The van der Waals surface area contributed by atoms with Crippen molar-refractivity contribution in [2.45, 2.75) is 24.8 Å². The maximum absolute atomic E-state index is 12.6. The normalized spacial score (nSPS) is 17.6. The Labute approximate surface area is 171 Å². The highest BCUT2D eigenvalue weighted by Crippen LogP contribution is 2.37. The van der Waals surface area contributed by atoms with Gasteiger partial charge in [0.05, 0.1) is 21.5 Å². The summed E-state index contributed by atoms with van der Waals surface area (Å²) in [5.41, 5.74) is 1.91. The summed E-state index contributed by atoms with van der Waals surface area (Å²) < 4.78 is 1.02. The number of thiophene rings is 1. The zero-order chi connectivity index (χ0) is 19.1. The Bertz CT molecular complexity index is 1190. The molecule has 4 aromatic rings. The SMILES string of the molecule is C[C@H]1CCCN(C(=O)CSc2ncnc3c2sc2nc4ccccc4cc23)C1. The first-order chi connectivity index (χ1) is 13.7. The monoisotopic (exact) mass is 408 g/mol. The van der Waals surface area contributed by atoms with Crippen molar-refractivity contribution in [1.29, 1.82) is 0 Å². The summed E-state index contributed by atoms with van der Waals surface area (Å²) in [6, 6.07) is 10.3. The van der Waals surface area contributed by atoms with Crippen LogP contribution >= 0.6 is 23.1 Å². The van der Waals surface area contributed by atoms with Gasteiger partial charge in [0.25, 0.3) is 0 Å². The molecule has 1 amide bonds. The van der Waals surface area contributed by atoms with Crippen molar-refractivity contribution in [1.82, 2.24) is 19.9 Å². The Kier molecular flexibility index (Phi) is 4.64. The summed E-state index contributed by atoms with van der Waals surface area (Å²) in [6.07, 6.45) is 3.91. The number of piperidine rings is 1. The molecule has 7 heteroatoms. The molecule has 28 heavy (non-hydrogen) atoms. The maximum Gasteiger partial charge on any atom is 0.232 e. The third-order valence-corrected chi connectivity index (χ3v) is 7.45. The lowest BCUT2D eigenvalue weighted by Crippen LogP contribution is -2.40. The number of benzene rings is 1. The number of para-hydroxylation sites is 1. The van der Waals surface area contributed by atoms with Crippen LogP contribution in [0.4, 0.5) is 0 Å². The van der Waals surface area contributed by atoms with Crippen LogP contribution in [0, 0.1) is 5.92 Å². The second kappa shape index (κ2) is 7.29. The van der Waals surface area contributed by atoms with E-state index in [4.69, 9.17) is 4.98 Å². The van der Waals surface area contributed by atoms with Crippen molar-refractivity contribution < 1.29 is 4.79 Å². The quantitative estimate of drug-likeness (QED) is 0.362. The van der Waals surface area contributed by atoms with E-state index >= 15 is 0 Å². The van der Waals surface area contributed by atoms with Gasteiger partial charge in [0, 0.05) is 23.9 Å². The van der Waals surface area contributed by atoms with E-state index in [1.165, 1.54) is 18.2 Å². The lowest BCUT2D eigenvalue weighted by atomic mass is 10.0. The topological polar surface area (TPSA) is 59.0 Å². The molecule has 1 aliphatic rings. The number of nitrogens with zero attached hydrogens (tertiary/aromatic N) is 4. The zero-order valence-corrected chi connectivity index (χ0v) is 17.2. The number of aromatic nitrogens is 3. The van der Waals surface area contributed by atoms with Gasteiger partial charge in [0.2, 0.25) is 5.91 Å². The average Bonchev–Trinajstić information content (AvgIpc) is 3.08. The number of hydrogen-bond acceptors (Lipinski definition) is 6.